The van der Waals surface area contributed by atoms with Crippen LogP contribution in [0.25, 0.3) is 6.08 Å². The average Bonchev–Trinajstić information content (AvgIpc) is 3.01. The summed E-state index contributed by atoms with van der Waals surface area (Å²) in [7, 11) is 0. The molecule has 2 aromatic rings. The summed E-state index contributed by atoms with van der Waals surface area (Å²) < 4.78 is 0. The molecule has 1 aromatic heterocycles. The van der Waals surface area contributed by atoms with E-state index in [1.807, 2.05) is 12.4 Å². The zero-order chi connectivity index (χ0) is 16.9. The molecular weight excluding hydrogens is 296 g/mol. The molecule has 0 fully saturated rings. The molecule has 1 atom stereocenters. The molecule has 3 N–H and O–H groups in total. The highest BCUT2D eigenvalue weighted by atomic mass is 15.3. The van der Waals surface area contributed by atoms with Crippen LogP contribution in [0.15, 0.2) is 35.6 Å². The Morgan fingerprint density at radius 3 is 2.79 bits per heavy atom. The predicted octanol–water partition coefficient (Wildman–Crippen LogP) is 4.13. The van der Waals surface area contributed by atoms with Gasteiger partial charge in [0.25, 0.3) is 0 Å². The number of fused-ring (bicyclic) bond motifs is 1. The van der Waals surface area contributed by atoms with Gasteiger partial charge in [0, 0.05) is 36.3 Å². The van der Waals surface area contributed by atoms with Crippen molar-refractivity contribution in [3.05, 3.63) is 58.4 Å². The summed E-state index contributed by atoms with van der Waals surface area (Å²) in [6, 6.07) is 6.57. The first-order chi connectivity index (χ1) is 11.6. The van der Waals surface area contributed by atoms with Gasteiger partial charge >= 0.3 is 0 Å². The molecule has 1 aromatic carbocycles. The van der Waals surface area contributed by atoms with E-state index >= 15 is 0 Å². The molecule has 0 saturated carbocycles. The van der Waals surface area contributed by atoms with E-state index in [0.29, 0.717) is 5.92 Å². The lowest BCUT2D eigenvalue weighted by Gasteiger charge is -2.15. The zero-order valence-corrected chi connectivity index (χ0v) is 14.7. The molecule has 0 spiro atoms. The maximum atomic E-state index is 4.40. The Labute approximate surface area is 144 Å². The van der Waals surface area contributed by atoms with Crippen LogP contribution in [0.1, 0.15) is 40.3 Å². The molecule has 0 bridgehead atoms. The van der Waals surface area contributed by atoms with Gasteiger partial charge in [0.05, 0.1) is 6.54 Å². The van der Waals surface area contributed by atoms with Crippen LogP contribution in [0, 0.1) is 20.8 Å². The van der Waals surface area contributed by atoms with Gasteiger partial charge in [0.2, 0.25) is 0 Å². The van der Waals surface area contributed by atoms with Crippen molar-refractivity contribution in [2.24, 2.45) is 5.10 Å². The number of hydrogen-bond donors (Lipinski definition) is 3. The van der Waals surface area contributed by atoms with Gasteiger partial charge in [0.15, 0.2) is 0 Å². The van der Waals surface area contributed by atoms with Crippen LogP contribution in [0.4, 0.5) is 5.69 Å². The summed E-state index contributed by atoms with van der Waals surface area (Å²) in [5, 5.41) is 7.91. The Hall–Kier alpha value is -2.49. The fraction of sp³-hybridized carbons (Fsp3) is 0.350. The summed E-state index contributed by atoms with van der Waals surface area (Å²) >= 11 is 0. The number of aromatic amines is 1. The topological polar surface area (TPSA) is 52.2 Å². The molecule has 0 aliphatic heterocycles. The van der Waals surface area contributed by atoms with Crippen LogP contribution < -0.4 is 10.7 Å². The Morgan fingerprint density at radius 1 is 1.21 bits per heavy atom. The molecular formula is C20H26N4. The predicted molar refractivity (Wildman–Crippen MR) is 103 cm³/mol. The fourth-order valence-electron chi connectivity index (χ4n) is 3.37. The quantitative estimate of drug-likeness (QED) is 0.425. The maximum Gasteiger partial charge on any atom is 0.0502 e. The van der Waals surface area contributed by atoms with Crippen molar-refractivity contribution in [2.45, 2.75) is 33.1 Å². The third-order valence-electron chi connectivity index (χ3n) is 4.45. The van der Waals surface area contributed by atoms with Crippen LogP contribution >= 0.6 is 0 Å². The van der Waals surface area contributed by atoms with Crippen LogP contribution in [-0.2, 0) is 0 Å². The Kier molecular flexibility index (Phi) is 5.04. The number of benzene rings is 1. The van der Waals surface area contributed by atoms with Crippen LogP contribution in [0.5, 0.6) is 0 Å². The number of hydrazone groups is 1. The van der Waals surface area contributed by atoms with E-state index < -0.39 is 0 Å². The van der Waals surface area contributed by atoms with Crippen molar-refractivity contribution >= 4 is 18.0 Å². The first-order valence-corrected chi connectivity index (χ1v) is 8.56. The highest BCUT2D eigenvalue weighted by Crippen LogP contribution is 2.27. The lowest BCUT2D eigenvalue weighted by Crippen LogP contribution is -2.19. The van der Waals surface area contributed by atoms with Crippen LogP contribution in [0.3, 0.4) is 0 Å². The van der Waals surface area contributed by atoms with Gasteiger partial charge < -0.3 is 15.7 Å². The smallest absolute Gasteiger partial charge is 0.0502 e. The molecule has 126 valence electrons. The largest absolute Gasteiger partial charge is 0.383 e. The lowest BCUT2D eigenvalue weighted by molar-refractivity contribution is 0.749. The summed E-state index contributed by atoms with van der Waals surface area (Å²) in [5.74, 6) is 0.360. The van der Waals surface area contributed by atoms with Crippen molar-refractivity contribution in [3.8, 4) is 0 Å². The monoisotopic (exact) mass is 322 g/mol. The Balaban J connectivity index is 1.46. The van der Waals surface area contributed by atoms with Gasteiger partial charge in [-0.2, -0.15) is 5.10 Å². The molecule has 0 radical (unpaired) electrons. The Morgan fingerprint density at radius 2 is 2.00 bits per heavy atom. The van der Waals surface area contributed by atoms with Crippen LogP contribution in [0.2, 0.25) is 0 Å². The number of H-pyrrole nitrogens is 1. The average molecular weight is 322 g/mol. The first-order valence-electron chi connectivity index (χ1n) is 8.56. The SMILES string of the molecule is Cc1cc(C)c(NCCN/N=C/C2CC=Cc3[nH]ccc32)c(C)c1. The van der Waals surface area contributed by atoms with Crippen molar-refractivity contribution < 1.29 is 0 Å². The number of anilines is 1. The molecule has 4 nitrogen and oxygen atoms in total. The third kappa shape index (κ3) is 3.70. The zero-order valence-electron chi connectivity index (χ0n) is 14.7. The van der Waals surface area contributed by atoms with Crippen molar-refractivity contribution in [2.75, 3.05) is 18.4 Å². The molecule has 24 heavy (non-hydrogen) atoms. The second kappa shape index (κ2) is 7.39. The Bertz CT molecular complexity index is 732. The first kappa shape index (κ1) is 16.4. The van der Waals surface area contributed by atoms with E-state index in [0.717, 1.165) is 19.5 Å². The summed E-state index contributed by atoms with van der Waals surface area (Å²) in [6.45, 7) is 8.09. The van der Waals surface area contributed by atoms with Gasteiger partial charge in [0.1, 0.15) is 0 Å². The summed E-state index contributed by atoms with van der Waals surface area (Å²) in [5.41, 5.74) is 10.8. The molecule has 0 saturated heterocycles. The minimum atomic E-state index is 0.360. The van der Waals surface area contributed by atoms with Gasteiger partial charge in [-0.1, -0.05) is 23.8 Å². The summed E-state index contributed by atoms with van der Waals surface area (Å²) in [4.78, 5) is 3.25. The van der Waals surface area contributed by atoms with E-state index in [2.05, 4.69) is 72.0 Å². The van der Waals surface area contributed by atoms with E-state index in [4.69, 9.17) is 0 Å². The highest BCUT2D eigenvalue weighted by molar-refractivity contribution is 5.73. The van der Waals surface area contributed by atoms with Crippen molar-refractivity contribution in [1.82, 2.24) is 10.4 Å². The second-order valence-electron chi connectivity index (χ2n) is 6.48. The highest BCUT2D eigenvalue weighted by Gasteiger charge is 2.15. The van der Waals surface area contributed by atoms with Gasteiger partial charge in [-0.15, -0.1) is 0 Å². The molecule has 4 heteroatoms. The lowest BCUT2D eigenvalue weighted by atomic mass is 9.93. The number of allylic oxidation sites excluding steroid dienone is 1. The third-order valence-corrected chi connectivity index (χ3v) is 4.45. The number of aryl methyl sites for hydroxylation is 3. The fourth-order valence-corrected chi connectivity index (χ4v) is 3.37. The molecule has 1 aliphatic carbocycles. The normalized spacial score (nSPS) is 16.4. The van der Waals surface area contributed by atoms with E-state index in [1.165, 1.54) is 33.6 Å². The number of hydrogen-bond acceptors (Lipinski definition) is 3. The van der Waals surface area contributed by atoms with Gasteiger partial charge in [-0.25, -0.2) is 0 Å². The molecule has 1 aliphatic rings. The summed E-state index contributed by atoms with van der Waals surface area (Å²) in [6.07, 6.45) is 9.35. The van der Waals surface area contributed by atoms with Crippen LogP contribution in [-0.4, -0.2) is 24.3 Å². The van der Waals surface area contributed by atoms with E-state index in [1.54, 1.807) is 0 Å². The number of nitrogens with one attached hydrogen (secondary N) is 3. The molecule has 0 amide bonds. The van der Waals surface area contributed by atoms with Gasteiger partial charge in [-0.05, 0) is 56.0 Å². The van der Waals surface area contributed by atoms with Gasteiger partial charge in [-0.3, -0.25) is 0 Å². The van der Waals surface area contributed by atoms with Crippen molar-refractivity contribution in [3.63, 3.8) is 0 Å². The number of rotatable bonds is 6. The minimum absolute atomic E-state index is 0.360. The standard InChI is InChI=1S/C20H26N4/c1-14-11-15(2)20(16(3)12-14)22-9-10-23-24-13-17-5-4-6-19-18(17)7-8-21-19/h4,6-8,11-13,17,21-23H,5,9-10H2,1-3H3/b24-13+. The molecule has 1 unspecified atom stereocenters. The molecule has 3 rings (SSSR count). The van der Waals surface area contributed by atoms with Crippen molar-refractivity contribution in [1.29, 1.82) is 0 Å². The maximum absolute atomic E-state index is 4.40. The van der Waals surface area contributed by atoms with E-state index in [-0.39, 0.29) is 0 Å². The number of nitrogens with zero attached hydrogens (tertiary/aromatic N) is 1. The second-order valence-corrected chi connectivity index (χ2v) is 6.48. The molecule has 1 heterocycles. The minimum Gasteiger partial charge on any atom is -0.383 e. The number of aromatic nitrogens is 1. The van der Waals surface area contributed by atoms with E-state index in [9.17, 15) is 0 Å².